The molecular formula is C20H27NO. The summed E-state index contributed by atoms with van der Waals surface area (Å²) in [5.41, 5.74) is 2.69. The van der Waals surface area contributed by atoms with E-state index < -0.39 is 0 Å². The number of aliphatic hydroxyl groups excluding tert-OH is 1. The first-order valence-corrected chi connectivity index (χ1v) is 8.17. The number of nitrogens with one attached hydrogen (secondary N) is 1. The van der Waals surface area contributed by atoms with E-state index in [1.807, 2.05) is 13.8 Å². The van der Waals surface area contributed by atoms with Crippen LogP contribution in [0.4, 0.5) is 0 Å². The fourth-order valence-electron chi connectivity index (χ4n) is 2.63. The Hall–Kier alpha value is -1.64. The van der Waals surface area contributed by atoms with Crippen LogP contribution >= 0.6 is 0 Å². The molecule has 0 heterocycles. The van der Waals surface area contributed by atoms with E-state index in [1.54, 1.807) is 0 Å². The van der Waals surface area contributed by atoms with E-state index in [0.717, 1.165) is 13.0 Å². The predicted molar refractivity (Wildman–Crippen MR) is 93.1 cm³/mol. The third kappa shape index (κ3) is 4.97. The Bertz CT molecular complexity index is 484. The first-order chi connectivity index (χ1) is 10.7. The lowest BCUT2D eigenvalue weighted by atomic mass is 9.88. The van der Waals surface area contributed by atoms with Crippen molar-refractivity contribution in [2.75, 3.05) is 13.1 Å². The molecule has 1 atom stereocenters. The molecule has 0 aliphatic rings. The summed E-state index contributed by atoms with van der Waals surface area (Å²) in [5, 5.41) is 13.2. The lowest BCUT2D eigenvalue weighted by Gasteiger charge is -2.20. The van der Waals surface area contributed by atoms with Crippen molar-refractivity contribution in [3.05, 3.63) is 71.8 Å². The summed E-state index contributed by atoms with van der Waals surface area (Å²) in [7, 11) is 0. The summed E-state index contributed by atoms with van der Waals surface area (Å²) in [6.45, 7) is 5.65. The SMILES string of the molecule is CC(C)C(O)CNCCC(c1ccccc1)c1ccccc1. The van der Waals surface area contributed by atoms with Crippen molar-refractivity contribution in [3.8, 4) is 0 Å². The largest absolute Gasteiger partial charge is 0.392 e. The van der Waals surface area contributed by atoms with Crippen LogP contribution in [0.5, 0.6) is 0 Å². The van der Waals surface area contributed by atoms with E-state index in [2.05, 4.69) is 66.0 Å². The molecule has 22 heavy (non-hydrogen) atoms. The zero-order valence-electron chi connectivity index (χ0n) is 13.6. The molecule has 2 aromatic rings. The maximum absolute atomic E-state index is 9.86. The highest BCUT2D eigenvalue weighted by Gasteiger charge is 2.14. The van der Waals surface area contributed by atoms with Crippen LogP contribution in [0.2, 0.25) is 0 Å². The van der Waals surface area contributed by atoms with Crippen LogP contribution in [0.3, 0.4) is 0 Å². The molecule has 0 aromatic heterocycles. The molecule has 0 aliphatic heterocycles. The number of benzene rings is 2. The average molecular weight is 297 g/mol. The first-order valence-electron chi connectivity index (χ1n) is 8.17. The van der Waals surface area contributed by atoms with Crippen LogP contribution in [-0.2, 0) is 0 Å². The third-order valence-corrected chi connectivity index (χ3v) is 4.14. The minimum atomic E-state index is -0.271. The molecule has 118 valence electrons. The van der Waals surface area contributed by atoms with Gasteiger partial charge in [0, 0.05) is 12.5 Å². The van der Waals surface area contributed by atoms with Crippen molar-refractivity contribution >= 4 is 0 Å². The number of rotatable bonds is 8. The van der Waals surface area contributed by atoms with E-state index >= 15 is 0 Å². The Morgan fingerprint density at radius 3 is 1.82 bits per heavy atom. The molecule has 2 heteroatoms. The monoisotopic (exact) mass is 297 g/mol. The molecule has 0 radical (unpaired) electrons. The lowest BCUT2D eigenvalue weighted by molar-refractivity contribution is 0.123. The van der Waals surface area contributed by atoms with Crippen LogP contribution in [-0.4, -0.2) is 24.3 Å². The Labute approximate surface area is 134 Å². The highest BCUT2D eigenvalue weighted by atomic mass is 16.3. The van der Waals surface area contributed by atoms with Gasteiger partial charge >= 0.3 is 0 Å². The van der Waals surface area contributed by atoms with Gasteiger partial charge in [-0.15, -0.1) is 0 Å². The number of hydrogen-bond donors (Lipinski definition) is 2. The minimum Gasteiger partial charge on any atom is -0.392 e. The molecule has 0 spiro atoms. The third-order valence-electron chi connectivity index (χ3n) is 4.14. The van der Waals surface area contributed by atoms with Crippen molar-refractivity contribution in [2.24, 2.45) is 5.92 Å². The van der Waals surface area contributed by atoms with Gasteiger partial charge in [0.1, 0.15) is 0 Å². The second-order valence-electron chi connectivity index (χ2n) is 6.18. The van der Waals surface area contributed by atoms with Crippen LogP contribution in [0.25, 0.3) is 0 Å². The Morgan fingerprint density at radius 1 is 0.864 bits per heavy atom. The zero-order valence-corrected chi connectivity index (χ0v) is 13.6. The fraction of sp³-hybridized carbons (Fsp3) is 0.400. The molecule has 0 bridgehead atoms. The lowest BCUT2D eigenvalue weighted by Crippen LogP contribution is -2.31. The van der Waals surface area contributed by atoms with Gasteiger partial charge in [-0.3, -0.25) is 0 Å². The molecule has 0 amide bonds. The summed E-state index contributed by atoms with van der Waals surface area (Å²) < 4.78 is 0. The normalized spacial score (nSPS) is 12.8. The van der Waals surface area contributed by atoms with Gasteiger partial charge in [0.2, 0.25) is 0 Å². The highest BCUT2D eigenvalue weighted by Crippen LogP contribution is 2.27. The maximum Gasteiger partial charge on any atom is 0.0687 e. The van der Waals surface area contributed by atoms with Gasteiger partial charge in [0.25, 0.3) is 0 Å². The summed E-state index contributed by atoms with van der Waals surface area (Å²) >= 11 is 0. The Balaban J connectivity index is 1.98. The quantitative estimate of drug-likeness (QED) is 0.726. The van der Waals surface area contributed by atoms with Crippen LogP contribution in [0, 0.1) is 5.92 Å². The molecule has 0 saturated heterocycles. The van der Waals surface area contributed by atoms with Crippen molar-refractivity contribution in [2.45, 2.75) is 32.3 Å². The van der Waals surface area contributed by atoms with E-state index in [0.29, 0.717) is 18.4 Å². The molecule has 2 N–H and O–H groups in total. The predicted octanol–water partition coefficient (Wildman–Crippen LogP) is 3.82. The Morgan fingerprint density at radius 2 is 1.36 bits per heavy atom. The van der Waals surface area contributed by atoms with Crippen LogP contribution in [0.1, 0.15) is 37.3 Å². The van der Waals surface area contributed by atoms with E-state index in [9.17, 15) is 5.11 Å². The molecule has 0 fully saturated rings. The number of aliphatic hydroxyl groups is 1. The summed E-state index contributed by atoms with van der Waals surface area (Å²) in [4.78, 5) is 0. The van der Waals surface area contributed by atoms with Crippen LogP contribution < -0.4 is 5.32 Å². The van der Waals surface area contributed by atoms with Crippen molar-refractivity contribution in [1.29, 1.82) is 0 Å². The molecule has 2 nitrogen and oxygen atoms in total. The minimum absolute atomic E-state index is 0.271. The molecule has 0 saturated carbocycles. The topological polar surface area (TPSA) is 32.3 Å². The van der Waals surface area contributed by atoms with E-state index in [-0.39, 0.29) is 6.10 Å². The standard InChI is InChI=1S/C20H27NO/c1-16(2)20(22)15-21-14-13-19(17-9-5-3-6-10-17)18-11-7-4-8-12-18/h3-12,16,19-22H,13-15H2,1-2H3. The van der Waals surface area contributed by atoms with Gasteiger partial charge in [0.15, 0.2) is 0 Å². The first kappa shape index (κ1) is 16.7. The van der Waals surface area contributed by atoms with E-state index in [4.69, 9.17) is 0 Å². The second-order valence-corrected chi connectivity index (χ2v) is 6.18. The van der Waals surface area contributed by atoms with Gasteiger partial charge in [-0.05, 0) is 30.0 Å². The molecule has 1 unspecified atom stereocenters. The van der Waals surface area contributed by atoms with Gasteiger partial charge in [-0.2, -0.15) is 0 Å². The van der Waals surface area contributed by atoms with Crippen molar-refractivity contribution < 1.29 is 5.11 Å². The molecule has 0 aliphatic carbocycles. The van der Waals surface area contributed by atoms with Gasteiger partial charge < -0.3 is 10.4 Å². The summed E-state index contributed by atoms with van der Waals surface area (Å²) in [5.74, 6) is 0.692. The Kier molecular flexibility index (Phi) is 6.63. The average Bonchev–Trinajstić information content (AvgIpc) is 2.56. The molecule has 2 rings (SSSR count). The van der Waals surface area contributed by atoms with Gasteiger partial charge in [0.05, 0.1) is 6.10 Å². The van der Waals surface area contributed by atoms with Crippen LogP contribution in [0.15, 0.2) is 60.7 Å². The zero-order chi connectivity index (χ0) is 15.8. The van der Waals surface area contributed by atoms with Gasteiger partial charge in [-0.1, -0.05) is 74.5 Å². The molecule has 2 aromatic carbocycles. The summed E-state index contributed by atoms with van der Waals surface area (Å²) in [6.07, 6.45) is 0.755. The summed E-state index contributed by atoms with van der Waals surface area (Å²) in [6, 6.07) is 21.3. The smallest absolute Gasteiger partial charge is 0.0687 e. The van der Waals surface area contributed by atoms with Crippen molar-refractivity contribution in [1.82, 2.24) is 5.32 Å². The fourth-order valence-corrected chi connectivity index (χ4v) is 2.63. The van der Waals surface area contributed by atoms with Gasteiger partial charge in [-0.25, -0.2) is 0 Å². The maximum atomic E-state index is 9.86. The molecular weight excluding hydrogens is 270 g/mol. The van der Waals surface area contributed by atoms with Crippen molar-refractivity contribution in [3.63, 3.8) is 0 Å². The number of hydrogen-bond acceptors (Lipinski definition) is 2. The second kappa shape index (κ2) is 8.72. The van der Waals surface area contributed by atoms with E-state index in [1.165, 1.54) is 11.1 Å². The highest BCUT2D eigenvalue weighted by molar-refractivity contribution is 5.32.